The van der Waals surface area contributed by atoms with E-state index in [-0.39, 0.29) is 36.9 Å². The van der Waals surface area contributed by atoms with E-state index in [4.69, 9.17) is 5.73 Å². The zero-order valence-electron chi connectivity index (χ0n) is 11.3. The lowest BCUT2D eigenvalue weighted by molar-refractivity contribution is -0.125. The predicted molar refractivity (Wildman–Crippen MR) is 75.2 cm³/mol. The van der Waals surface area contributed by atoms with Crippen LogP contribution in [0.4, 0.5) is 4.79 Å². The second-order valence-corrected chi connectivity index (χ2v) is 5.24. The Kier molecular flexibility index (Phi) is 6.03. The number of nitrogens with one attached hydrogen (secondary N) is 1. The Morgan fingerprint density at radius 3 is 2.42 bits per heavy atom. The molecule has 2 heterocycles. The molecule has 0 aliphatic carbocycles. The van der Waals surface area contributed by atoms with Crippen LogP contribution in [0.2, 0.25) is 0 Å². The standard InChI is InChI=1S/C12H22N4O2.ClH/c1-9(13)10-2-4-15(5-3-10)6-7-16-11(17)8-14-12(16)18;/h9-10H,2-8,13H2,1H3,(H,14,18);1H. The van der Waals surface area contributed by atoms with Crippen molar-refractivity contribution in [2.75, 3.05) is 32.7 Å². The molecule has 0 spiro atoms. The molecule has 2 aliphatic heterocycles. The van der Waals surface area contributed by atoms with Gasteiger partial charge in [-0.15, -0.1) is 12.4 Å². The summed E-state index contributed by atoms with van der Waals surface area (Å²) in [7, 11) is 0. The molecule has 7 heteroatoms. The van der Waals surface area contributed by atoms with Crippen LogP contribution < -0.4 is 11.1 Å². The summed E-state index contributed by atoms with van der Waals surface area (Å²) in [5.74, 6) is 0.489. The highest BCUT2D eigenvalue weighted by molar-refractivity contribution is 6.01. The maximum absolute atomic E-state index is 11.4. The third-order valence-electron chi connectivity index (χ3n) is 3.95. The highest BCUT2D eigenvalue weighted by Crippen LogP contribution is 2.19. The molecule has 1 atom stereocenters. The predicted octanol–water partition coefficient (Wildman–Crippen LogP) is 0.0192. The molecule has 3 N–H and O–H groups in total. The van der Waals surface area contributed by atoms with E-state index in [0.717, 1.165) is 32.5 Å². The molecule has 1 unspecified atom stereocenters. The molecule has 0 bridgehead atoms. The van der Waals surface area contributed by atoms with Gasteiger partial charge in [-0.05, 0) is 38.8 Å². The summed E-state index contributed by atoms with van der Waals surface area (Å²) < 4.78 is 0. The summed E-state index contributed by atoms with van der Waals surface area (Å²) in [5.41, 5.74) is 5.90. The lowest BCUT2D eigenvalue weighted by Gasteiger charge is -2.34. The van der Waals surface area contributed by atoms with Gasteiger partial charge in [0.1, 0.15) is 0 Å². The molecule has 3 amide bonds. The van der Waals surface area contributed by atoms with Crippen molar-refractivity contribution < 1.29 is 9.59 Å². The van der Waals surface area contributed by atoms with Gasteiger partial charge in [0.05, 0.1) is 6.54 Å². The van der Waals surface area contributed by atoms with Gasteiger partial charge in [-0.3, -0.25) is 9.69 Å². The molecule has 6 nitrogen and oxygen atoms in total. The van der Waals surface area contributed by atoms with Gasteiger partial charge in [0.15, 0.2) is 0 Å². The molecule has 2 saturated heterocycles. The van der Waals surface area contributed by atoms with Crippen molar-refractivity contribution in [2.24, 2.45) is 11.7 Å². The van der Waals surface area contributed by atoms with E-state index in [9.17, 15) is 9.59 Å². The molecule has 0 aromatic heterocycles. The number of imide groups is 1. The third-order valence-corrected chi connectivity index (χ3v) is 3.95. The van der Waals surface area contributed by atoms with E-state index >= 15 is 0 Å². The maximum Gasteiger partial charge on any atom is 0.324 e. The van der Waals surface area contributed by atoms with E-state index < -0.39 is 0 Å². The van der Waals surface area contributed by atoms with Crippen LogP contribution in [0.15, 0.2) is 0 Å². The minimum atomic E-state index is -0.259. The number of hydrogen-bond donors (Lipinski definition) is 2. The van der Waals surface area contributed by atoms with Crippen molar-refractivity contribution in [1.82, 2.24) is 15.1 Å². The van der Waals surface area contributed by atoms with E-state index in [0.29, 0.717) is 12.5 Å². The Bertz CT molecular complexity index is 314. The van der Waals surface area contributed by atoms with Crippen molar-refractivity contribution in [3.8, 4) is 0 Å². The van der Waals surface area contributed by atoms with Gasteiger partial charge in [0.2, 0.25) is 5.91 Å². The largest absolute Gasteiger partial charge is 0.329 e. The second-order valence-electron chi connectivity index (χ2n) is 5.24. The number of urea groups is 1. The van der Waals surface area contributed by atoms with Gasteiger partial charge in [0, 0.05) is 19.1 Å². The fourth-order valence-corrected chi connectivity index (χ4v) is 2.63. The van der Waals surface area contributed by atoms with Crippen LogP contribution in [0.5, 0.6) is 0 Å². The van der Waals surface area contributed by atoms with Gasteiger partial charge in [-0.25, -0.2) is 4.79 Å². The number of carbonyl (C=O) groups is 2. The first-order chi connectivity index (χ1) is 8.58. The first-order valence-corrected chi connectivity index (χ1v) is 6.64. The lowest BCUT2D eigenvalue weighted by Crippen LogP contribution is -2.44. The minimum Gasteiger partial charge on any atom is -0.329 e. The lowest BCUT2D eigenvalue weighted by atomic mass is 9.91. The van der Waals surface area contributed by atoms with Crippen LogP contribution in [0, 0.1) is 5.92 Å². The van der Waals surface area contributed by atoms with Crippen molar-refractivity contribution in [3.63, 3.8) is 0 Å². The first kappa shape index (κ1) is 16.2. The van der Waals surface area contributed by atoms with Crippen LogP contribution in [-0.4, -0.2) is 60.5 Å². The maximum atomic E-state index is 11.4. The molecule has 2 rings (SSSR count). The van der Waals surface area contributed by atoms with Crippen LogP contribution in [0.1, 0.15) is 19.8 Å². The van der Waals surface area contributed by atoms with Crippen molar-refractivity contribution >= 4 is 24.3 Å². The summed E-state index contributed by atoms with van der Waals surface area (Å²) in [6.45, 7) is 5.49. The smallest absolute Gasteiger partial charge is 0.324 e. The second kappa shape index (κ2) is 7.07. The molecule has 0 radical (unpaired) electrons. The van der Waals surface area contributed by atoms with Gasteiger partial charge < -0.3 is 16.0 Å². The zero-order chi connectivity index (χ0) is 13.1. The van der Waals surface area contributed by atoms with Crippen LogP contribution in [0.3, 0.4) is 0 Å². The number of nitrogens with two attached hydrogens (primary N) is 1. The number of likely N-dealkylation sites (tertiary alicyclic amines) is 1. The van der Waals surface area contributed by atoms with Crippen LogP contribution >= 0.6 is 12.4 Å². The topological polar surface area (TPSA) is 78.7 Å². The fourth-order valence-electron chi connectivity index (χ4n) is 2.63. The average molecular weight is 291 g/mol. The number of halogens is 1. The van der Waals surface area contributed by atoms with E-state index in [1.165, 1.54) is 4.90 Å². The molecule has 0 aromatic rings. The summed E-state index contributed by atoms with van der Waals surface area (Å²) >= 11 is 0. The molecule has 2 fully saturated rings. The van der Waals surface area contributed by atoms with Gasteiger partial charge in [-0.2, -0.15) is 0 Å². The SMILES string of the molecule is CC(N)C1CCN(CCN2C(=O)CNC2=O)CC1.Cl. The minimum absolute atomic E-state index is 0. The van der Waals surface area contributed by atoms with E-state index in [1.807, 2.05) is 0 Å². The Balaban J connectivity index is 0.00000180. The Hall–Kier alpha value is -0.850. The average Bonchev–Trinajstić information content (AvgIpc) is 2.67. The fraction of sp³-hybridized carbons (Fsp3) is 0.833. The number of amides is 3. The molecular formula is C12H23ClN4O2. The Morgan fingerprint density at radius 2 is 1.95 bits per heavy atom. The van der Waals surface area contributed by atoms with Crippen molar-refractivity contribution in [3.05, 3.63) is 0 Å². The normalized spacial score (nSPS) is 23.2. The third kappa shape index (κ3) is 4.06. The van der Waals surface area contributed by atoms with E-state index in [2.05, 4.69) is 17.1 Å². The number of nitrogens with zero attached hydrogens (tertiary/aromatic N) is 2. The Labute approximate surface area is 120 Å². The van der Waals surface area contributed by atoms with E-state index in [1.54, 1.807) is 0 Å². The monoisotopic (exact) mass is 290 g/mol. The summed E-state index contributed by atoms with van der Waals surface area (Å²) in [4.78, 5) is 26.4. The van der Waals surface area contributed by atoms with Crippen molar-refractivity contribution in [2.45, 2.75) is 25.8 Å². The Morgan fingerprint density at radius 1 is 1.32 bits per heavy atom. The van der Waals surface area contributed by atoms with Gasteiger partial charge in [0.25, 0.3) is 0 Å². The molecule has 0 aromatic carbocycles. The highest BCUT2D eigenvalue weighted by atomic mass is 35.5. The quantitative estimate of drug-likeness (QED) is 0.716. The van der Waals surface area contributed by atoms with Crippen molar-refractivity contribution in [1.29, 1.82) is 0 Å². The first-order valence-electron chi connectivity index (χ1n) is 6.64. The van der Waals surface area contributed by atoms with Crippen LogP contribution in [0.25, 0.3) is 0 Å². The van der Waals surface area contributed by atoms with Gasteiger partial charge >= 0.3 is 6.03 Å². The molecule has 0 saturated carbocycles. The number of hydrogen-bond acceptors (Lipinski definition) is 4. The molecule has 110 valence electrons. The number of rotatable bonds is 4. The molecule has 19 heavy (non-hydrogen) atoms. The molecular weight excluding hydrogens is 268 g/mol. The van der Waals surface area contributed by atoms with Gasteiger partial charge in [-0.1, -0.05) is 0 Å². The number of carbonyl (C=O) groups excluding carboxylic acids is 2. The number of piperidine rings is 1. The summed E-state index contributed by atoms with van der Waals surface area (Å²) in [5, 5.41) is 2.53. The zero-order valence-corrected chi connectivity index (χ0v) is 12.1. The summed E-state index contributed by atoms with van der Waals surface area (Å²) in [6, 6.07) is 0.00329. The molecule has 2 aliphatic rings. The summed E-state index contributed by atoms with van der Waals surface area (Å²) in [6.07, 6.45) is 2.22. The highest BCUT2D eigenvalue weighted by Gasteiger charge is 2.29. The van der Waals surface area contributed by atoms with Crippen LogP contribution in [-0.2, 0) is 4.79 Å².